The van der Waals surface area contributed by atoms with Gasteiger partial charge in [0.1, 0.15) is 5.82 Å². The Morgan fingerprint density at radius 1 is 1.47 bits per heavy atom. The summed E-state index contributed by atoms with van der Waals surface area (Å²) in [6.07, 6.45) is 2.81. The molecule has 80 valence electrons. The third-order valence-corrected chi connectivity index (χ3v) is 3.40. The van der Waals surface area contributed by atoms with Crippen molar-refractivity contribution >= 4 is 23.1 Å². The van der Waals surface area contributed by atoms with Crippen LogP contribution in [0.1, 0.15) is 6.42 Å². The number of halogens is 1. The second-order valence-corrected chi connectivity index (χ2v) is 4.46. The lowest BCUT2D eigenvalue weighted by molar-refractivity contribution is 0.00971. The second-order valence-electron chi connectivity index (χ2n) is 4.05. The van der Waals surface area contributed by atoms with E-state index in [-0.39, 0.29) is 0 Å². The molecule has 2 unspecified atom stereocenters. The van der Waals surface area contributed by atoms with Crippen molar-refractivity contribution in [3.63, 3.8) is 0 Å². The van der Waals surface area contributed by atoms with Crippen molar-refractivity contribution in [3.8, 4) is 0 Å². The highest BCUT2D eigenvalue weighted by molar-refractivity contribution is 6.32. The van der Waals surface area contributed by atoms with Crippen LogP contribution in [0.15, 0.2) is 12.3 Å². The van der Waals surface area contributed by atoms with Gasteiger partial charge in [-0.25, -0.2) is 4.98 Å². The number of pyridine rings is 1. The molecule has 3 heterocycles. The third kappa shape index (κ3) is 1.36. The maximum Gasteiger partial charge on any atom is 0.131 e. The van der Waals surface area contributed by atoms with Crippen molar-refractivity contribution in [2.24, 2.45) is 0 Å². The number of fused-ring (bicyclic) bond motifs is 2. The number of aromatic nitrogens is 1. The molecule has 0 spiro atoms. The second kappa shape index (κ2) is 3.25. The van der Waals surface area contributed by atoms with Gasteiger partial charge in [0.2, 0.25) is 0 Å². The van der Waals surface area contributed by atoms with E-state index >= 15 is 0 Å². The van der Waals surface area contributed by atoms with Gasteiger partial charge in [-0.15, -0.1) is 0 Å². The van der Waals surface area contributed by atoms with E-state index in [0.29, 0.717) is 22.8 Å². The summed E-state index contributed by atoms with van der Waals surface area (Å²) in [5.74, 6) is 0.918. The lowest BCUT2D eigenvalue weighted by Gasteiger charge is -2.53. The van der Waals surface area contributed by atoms with Crippen LogP contribution in [-0.4, -0.2) is 30.3 Å². The van der Waals surface area contributed by atoms with Crippen LogP contribution < -0.4 is 10.6 Å². The van der Waals surface area contributed by atoms with Crippen molar-refractivity contribution in [1.29, 1.82) is 0 Å². The highest BCUT2D eigenvalue weighted by Gasteiger charge is 2.42. The Morgan fingerprint density at radius 3 is 2.80 bits per heavy atom. The number of morpholine rings is 1. The first kappa shape index (κ1) is 9.24. The maximum absolute atomic E-state index is 5.84. The fraction of sp³-hybridized carbons (Fsp3) is 0.500. The smallest absolute Gasteiger partial charge is 0.131 e. The molecule has 2 fully saturated rings. The van der Waals surface area contributed by atoms with E-state index in [1.807, 2.05) is 6.07 Å². The average Bonchev–Trinajstić information content (AvgIpc) is 2.24. The molecule has 2 bridgehead atoms. The van der Waals surface area contributed by atoms with Crippen LogP contribution in [0.2, 0.25) is 5.02 Å². The fourth-order valence-electron chi connectivity index (χ4n) is 2.30. The molecule has 2 saturated heterocycles. The third-order valence-electron chi connectivity index (χ3n) is 3.09. The zero-order chi connectivity index (χ0) is 10.4. The highest BCUT2D eigenvalue weighted by Crippen LogP contribution is 2.36. The van der Waals surface area contributed by atoms with E-state index in [1.54, 1.807) is 6.20 Å². The van der Waals surface area contributed by atoms with Crippen molar-refractivity contribution in [1.82, 2.24) is 4.98 Å². The van der Waals surface area contributed by atoms with E-state index in [1.165, 1.54) is 6.42 Å². The molecule has 2 aliphatic heterocycles. The normalized spacial score (nSPS) is 28.7. The van der Waals surface area contributed by atoms with Gasteiger partial charge in [0.25, 0.3) is 0 Å². The van der Waals surface area contributed by atoms with Gasteiger partial charge in [0, 0.05) is 12.3 Å². The first-order valence-electron chi connectivity index (χ1n) is 5.03. The Kier molecular flexibility index (Phi) is 2.00. The summed E-state index contributed by atoms with van der Waals surface area (Å²) in [5.41, 5.74) is 6.35. The molecule has 0 amide bonds. The van der Waals surface area contributed by atoms with E-state index in [0.717, 1.165) is 19.0 Å². The number of hydrogen-bond donors (Lipinski definition) is 1. The highest BCUT2D eigenvalue weighted by atomic mass is 35.5. The molecule has 2 N–H and O–H groups in total. The summed E-state index contributed by atoms with van der Waals surface area (Å²) in [4.78, 5) is 6.58. The molecule has 0 aromatic carbocycles. The van der Waals surface area contributed by atoms with Crippen LogP contribution in [-0.2, 0) is 4.74 Å². The summed E-state index contributed by atoms with van der Waals surface area (Å²) < 4.78 is 5.41. The molecule has 1 aromatic rings. The molecule has 4 nitrogen and oxygen atoms in total. The molecule has 0 aliphatic carbocycles. The number of nitrogens with two attached hydrogens (primary N) is 1. The Labute approximate surface area is 93.0 Å². The molecule has 0 saturated carbocycles. The minimum absolute atomic E-state index is 0.469. The minimum Gasteiger partial charge on any atom is -0.397 e. The predicted molar refractivity (Wildman–Crippen MR) is 59.2 cm³/mol. The van der Waals surface area contributed by atoms with Crippen LogP contribution in [0.4, 0.5) is 11.5 Å². The van der Waals surface area contributed by atoms with Gasteiger partial charge < -0.3 is 15.4 Å². The van der Waals surface area contributed by atoms with E-state index in [9.17, 15) is 0 Å². The van der Waals surface area contributed by atoms with Crippen LogP contribution in [0, 0.1) is 0 Å². The van der Waals surface area contributed by atoms with Crippen LogP contribution in [0.3, 0.4) is 0 Å². The molecule has 15 heavy (non-hydrogen) atoms. The van der Waals surface area contributed by atoms with Crippen LogP contribution >= 0.6 is 11.6 Å². The van der Waals surface area contributed by atoms with Crippen molar-refractivity contribution in [2.75, 3.05) is 23.8 Å². The van der Waals surface area contributed by atoms with Crippen molar-refractivity contribution < 1.29 is 4.74 Å². The zero-order valence-electron chi connectivity index (χ0n) is 8.19. The van der Waals surface area contributed by atoms with Crippen LogP contribution in [0.5, 0.6) is 0 Å². The van der Waals surface area contributed by atoms with Crippen molar-refractivity contribution in [2.45, 2.75) is 18.5 Å². The lowest BCUT2D eigenvalue weighted by atomic mass is 9.91. The Morgan fingerprint density at radius 2 is 2.20 bits per heavy atom. The predicted octanol–water partition coefficient (Wildman–Crippen LogP) is 1.29. The largest absolute Gasteiger partial charge is 0.397 e. The molecule has 2 atom stereocenters. The molecule has 3 rings (SSSR count). The SMILES string of the molecule is Nc1cc(N2C3COCC2C3)ncc1Cl. The van der Waals surface area contributed by atoms with Crippen molar-refractivity contribution in [3.05, 3.63) is 17.3 Å². The summed E-state index contributed by atoms with van der Waals surface area (Å²) in [6, 6.07) is 2.78. The van der Waals surface area contributed by atoms with Gasteiger partial charge in [-0.1, -0.05) is 11.6 Å². The summed E-state index contributed by atoms with van der Waals surface area (Å²) in [7, 11) is 0. The topological polar surface area (TPSA) is 51.4 Å². The van der Waals surface area contributed by atoms with Gasteiger partial charge in [-0.2, -0.15) is 0 Å². The molecule has 2 aliphatic rings. The summed E-state index contributed by atoms with van der Waals surface area (Å²) in [5, 5.41) is 0.515. The monoisotopic (exact) mass is 225 g/mol. The molecular weight excluding hydrogens is 214 g/mol. The Balaban J connectivity index is 1.90. The minimum atomic E-state index is 0.469. The number of ether oxygens (including phenoxy) is 1. The lowest BCUT2D eigenvalue weighted by Crippen LogP contribution is -2.64. The fourth-order valence-corrected chi connectivity index (χ4v) is 2.40. The van der Waals surface area contributed by atoms with E-state index < -0.39 is 0 Å². The number of rotatable bonds is 1. The quantitative estimate of drug-likeness (QED) is 0.783. The number of nitrogens with zero attached hydrogens (tertiary/aromatic N) is 2. The molecule has 0 radical (unpaired) electrons. The average molecular weight is 226 g/mol. The molecular formula is C10H12ClN3O. The number of nitrogen functional groups attached to an aromatic ring is 1. The molecule has 5 heteroatoms. The van der Waals surface area contributed by atoms with Crippen LogP contribution in [0.25, 0.3) is 0 Å². The summed E-state index contributed by atoms with van der Waals surface area (Å²) in [6.45, 7) is 1.58. The van der Waals surface area contributed by atoms with Gasteiger partial charge in [-0.05, 0) is 6.42 Å². The summed E-state index contributed by atoms with van der Waals surface area (Å²) >= 11 is 5.84. The van der Waals surface area contributed by atoms with E-state index in [2.05, 4.69) is 9.88 Å². The van der Waals surface area contributed by atoms with E-state index in [4.69, 9.17) is 22.1 Å². The zero-order valence-corrected chi connectivity index (χ0v) is 8.94. The first-order chi connectivity index (χ1) is 7.25. The van der Waals surface area contributed by atoms with Gasteiger partial charge >= 0.3 is 0 Å². The number of anilines is 2. The number of hydrogen-bond acceptors (Lipinski definition) is 4. The van der Waals surface area contributed by atoms with Gasteiger partial charge in [-0.3, -0.25) is 0 Å². The Bertz CT molecular complexity index is 384. The first-order valence-corrected chi connectivity index (χ1v) is 5.40. The molecule has 1 aromatic heterocycles. The standard InChI is InChI=1S/C10H12ClN3O/c11-8-3-13-10(2-9(8)12)14-6-1-7(14)5-15-4-6/h2-3,6-7H,1,4-5H2,(H2,12,13). The Hall–Kier alpha value is -1.00. The van der Waals surface area contributed by atoms with Gasteiger partial charge in [0.05, 0.1) is 36.0 Å². The van der Waals surface area contributed by atoms with Gasteiger partial charge in [0.15, 0.2) is 0 Å². The maximum atomic E-state index is 5.84.